The van der Waals surface area contributed by atoms with Crippen molar-refractivity contribution in [3.63, 3.8) is 0 Å². The largest absolute Gasteiger partial charge is 0.0654 e. The molecule has 0 aromatic rings. The first-order valence-corrected chi connectivity index (χ1v) is 6.34. The Hall–Kier alpha value is 0. The molecule has 0 unspecified atom stereocenters. The Labute approximate surface area is 84.1 Å². The lowest BCUT2D eigenvalue weighted by atomic mass is 9.78. The van der Waals surface area contributed by atoms with Gasteiger partial charge < -0.3 is 0 Å². The van der Waals surface area contributed by atoms with Gasteiger partial charge in [0.15, 0.2) is 0 Å². The van der Waals surface area contributed by atoms with Gasteiger partial charge in [-0.05, 0) is 11.8 Å². The minimum atomic E-state index is 1.02. The van der Waals surface area contributed by atoms with Gasteiger partial charge in [-0.25, -0.2) is 0 Å². The van der Waals surface area contributed by atoms with E-state index in [0.29, 0.717) is 0 Å². The van der Waals surface area contributed by atoms with Gasteiger partial charge in [-0.15, -0.1) is 0 Å². The Morgan fingerprint density at radius 1 is 1.00 bits per heavy atom. The predicted octanol–water partition coefficient (Wildman–Crippen LogP) is 4.78. The molecule has 2 atom stereocenters. The zero-order valence-corrected chi connectivity index (χ0v) is 9.52. The topological polar surface area (TPSA) is 0 Å². The maximum Gasteiger partial charge on any atom is -0.0388 e. The molecule has 0 heterocycles. The highest BCUT2D eigenvalue weighted by Crippen LogP contribution is 2.33. The average Bonchev–Trinajstić information content (AvgIpc) is 2.15. The maximum absolute atomic E-state index is 2.46. The molecule has 0 aromatic heterocycles. The first-order chi connectivity index (χ1) is 6.34. The Balaban J connectivity index is 2.05. The van der Waals surface area contributed by atoms with Gasteiger partial charge in [0.05, 0.1) is 0 Å². The summed E-state index contributed by atoms with van der Waals surface area (Å²) < 4.78 is 0. The Bertz CT molecular complexity index is 117. The molecule has 0 N–H and O–H groups in total. The first-order valence-electron chi connectivity index (χ1n) is 6.34. The van der Waals surface area contributed by atoms with Crippen LogP contribution in [0.2, 0.25) is 0 Å². The standard InChI is InChI=1S/C13H26/c1-3-4-5-6-10-13-11-8-7-9-12(13)2/h12-13H,3-11H2,1-2H3/t12-,13-/m1/s1. The smallest absolute Gasteiger partial charge is 0.0388 e. The highest BCUT2D eigenvalue weighted by molar-refractivity contribution is 4.71. The van der Waals surface area contributed by atoms with Crippen molar-refractivity contribution in [3.05, 3.63) is 0 Å². The quantitative estimate of drug-likeness (QED) is 0.537. The summed E-state index contributed by atoms with van der Waals surface area (Å²) in [6, 6.07) is 0. The molecule has 78 valence electrons. The number of rotatable bonds is 5. The Morgan fingerprint density at radius 3 is 2.46 bits per heavy atom. The van der Waals surface area contributed by atoms with Gasteiger partial charge in [-0.2, -0.15) is 0 Å². The third-order valence-corrected chi connectivity index (χ3v) is 3.72. The van der Waals surface area contributed by atoms with Crippen molar-refractivity contribution in [1.82, 2.24) is 0 Å². The van der Waals surface area contributed by atoms with E-state index in [9.17, 15) is 0 Å². The van der Waals surface area contributed by atoms with Crippen LogP contribution in [-0.4, -0.2) is 0 Å². The highest BCUT2D eigenvalue weighted by atomic mass is 14.3. The molecule has 0 aliphatic heterocycles. The molecule has 1 saturated carbocycles. The molecule has 1 aliphatic carbocycles. The SMILES string of the molecule is CCCCCC[C@@H]1CCCC[C@H]1C. The van der Waals surface area contributed by atoms with Crippen LogP contribution in [0.1, 0.15) is 71.6 Å². The third kappa shape index (κ3) is 4.15. The van der Waals surface area contributed by atoms with Crippen LogP contribution in [0, 0.1) is 11.8 Å². The van der Waals surface area contributed by atoms with Gasteiger partial charge in [0.25, 0.3) is 0 Å². The van der Waals surface area contributed by atoms with Crippen molar-refractivity contribution in [2.24, 2.45) is 11.8 Å². The van der Waals surface area contributed by atoms with E-state index in [0.717, 1.165) is 11.8 Å². The van der Waals surface area contributed by atoms with Crippen LogP contribution in [-0.2, 0) is 0 Å². The van der Waals surface area contributed by atoms with E-state index < -0.39 is 0 Å². The van der Waals surface area contributed by atoms with Crippen molar-refractivity contribution in [2.45, 2.75) is 71.6 Å². The summed E-state index contributed by atoms with van der Waals surface area (Å²) in [4.78, 5) is 0. The molecule has 0 bridgehead atoms. The molecule has 1 fully saturated rings. The molecule has 0 spiro atoms. The lowest BCUT2D eigenvalue weighted by molar-refractivity contribution is 0.236. The van der Waals surface area contributed by atoms with Crippen LogP contribution in [0.15, 0.2) is 0 Å². The van der Waals surface area contributed by atoms with E-state index in [1.807, 2.05) is 0 Å². The zero-order valence-electron chi connectivity index (χ0n) is 9.52. The van der Waals surface area contributed by atoms with Crippen LogP contribution in [0.4, 0.5) is 0 Å². The Morgan fingerprint density at radius 2 is 1.77 bits per heavy atom. The zero-order chi connectivity index (χ0) is 9.52. The Kier molecular flexibility index (Phi) is 5.50. The molecule has 0 nitrogen and oxygen atoms in total. The highest BCUT2D eigenvalue weighted by Gasteiger charge is 2.20. The van der Waals surface area contributed by atoms with Gasteiger partial charge in [0.2, 0.25) is 0 Å². The molecular weight excluding hydrogens is 156 g/mol. The van der Waals surface area contributed by atoms with E-state index >= 15 is 0 Å². The number of hydrogen-bond donors (Lipinski definition) is 0. The first kappa shape index (κ1) is 11.1. The molecule has 1 aliphatic rings. The van der Waals surface area contributed by atoms with Gasteiger partial charge in [0.1, 0.15) is 0 Å². The van der Waals surface area contributed by atoms with Crippen molar-refractivity contribution in [3.8, 4) is 0 Å². The second-order valence-corrected chi connectivity index (χ2v) is 4.87. The third-order valence-electron chi connectivity index (χ3n) is 3.72. The molecule has 0 amide bonds. The van der Waals surface area contributed by atoms with Crippen molar-refractivity contribution in [1.29, 1.82) is 0 Å². The summed E-state index contributed by atoms with van der Waals surface area (Å²) in [5.41, 5.74) is 0. The van der Waals surface area contributed by atoms with Crippen molar-refractivity contribution in [2.75, 3.05) is 0 Å². The van der Waals surface area contributed by atoms with Crippen LogP contribution in [0.25, 0.3) is 0 Å². The molecule has 0 heteroatoms. The molecule has 0 saturated heterocycles. The monoisotopic (exact) mass is 182 g/mol. The fourth-order valence-electron chi connectivity index (χ4n) is 2.66. The molecule has 13 heavy (non-hydrogen) atoms. The molecule has 1 rings (SSSR count). The summed E-state index contributed by atoms with van der Waals surface area (Å²) in [5, 5.41) is 0. The minimum Gasteiger partial charge on any atom is -0.0654 e. The second-order valence-electron chi connectivity index (χ2n) is 4.87. The summed E-state index contributed by atoms with van der Waals surface area (Å²) in [6.07, 6.45) is 13.3. The van der Waals surface area contributed by atoms with E-state index in [-0.39, 0.29) is 0 Å². The van der Waals surface area contributed by atoms with Gasteiger partial charge >= 0.3 is 0 Å². The van der Waals surface area contributed by atoms with Crippen molar-refractivity contribution < 1.29 is 0 Å². The number of unbranched alkanes of at least 4 members (excludes halogenated alkanes) is 3. The summed E-state index contributed by atoms with van der Waals surface area (Å²) in [6.45, 7) is 4.76. The van der Waals surface area contributed by atoms with Gasteiger partial charge in [-0.1, -0.05) is 71.6 Å². The molecule has 0 aromatic carbocycles. The average molecular weight is 182 g/mol. The normalized spacial score (nSPS) is 29.1. The fourth-order valence-corrected chi connectivity index (χ4v) is 2.66. The van der Waals surface area contributed by atoms with E-state index in [1.54, 1.807) is 0 Å². The molecule has 0 radical (unpaired) electrons. The van der Waals surface area contributed by atoms with E-state index in [1.165, 1.54) is 57.8 Å². The van der Waals surface area contributed by atoms with Crippen LogP contribution in [0.3, 0.4) is 0 Å². The summed E-state index contributed by atoms with van der Waals surface area (Å²) >= 11 is 0. The van der Waals surface area contributed by atoms with Crippen molar-refractivity contribution >= 4 is 0 Å². The van der Waals surface area contributed by atoms with Crippen LogP contribution < -0.4 is 0 Å². The predicted molar refractivity (Wildman–Crippen MR) is 59.9 cm³/mol. The van der Waals surface area contributed by atoms with Gasteiger partial charge in [0, 0.05) is 0 Å². The maximum atomic E-state index is 2.46. The van der Waals surface area contributed by atoms with E-state index in [2.05, 4.69) is 13.8 Å². The van der Waals surface area contributed by atoms with Crippen LogP contribution in [0.5, 0.6) is 0 Å². The molecular formula is C13H26. The fraction of sp³-hybridized carbons (Fsp3) is 1.00. The van der Waals surface area contributed by atoms with Crippen LogP contribution >= 0.6 is 0 Å². The lowest BCUT2D eigenvalue weighted by Crippen LogP contribution is -2.16. The summed E-state index contributed by atoms with van der Waals surface area (Å²) in [5.74, 6) is 2.10. The number of hydrogen-bond acceptors (Lipinski definition) is 0. The van der Waals surface area contributed by atoms with E-state index in [4.69, 9.17) is 0 Å². The van der Waals surface area contributed by atoms with Gasteiger partial charge in [-0.3, -0.25) is 0 Å². The summed E-state index contributed by atoms with van der Waals surface area (Å²) in [7, 11) is 0. The minimum absolute atomic E-state index is 1.02. The lowest BCUT2D eigenvalue weighted by Gasteiger charge is -2.28. The second kappa shape index (κ2) is 6.45.